The van der Waals surface area contributed by atoms with Crippen molar-refractivity contribution in [1.82, 2.24) is 4.90 Å². The van der Waals surface area contributed by atoms with Crippen LogP contribution in [0.4, 0.5) is 5.69 Å². The number of hydrogen-bond acceptors (Lipinski definition) is 7. The third-order valence-electron chi connectivity index (χ3n) is 6.52. The molecule has 1 fully saturated rings. The molecule has 1 aliphatic rings. The second-order valence-electron chi connectivity index (χ2n) is 8.49. The molecule has 0 spiro atoms. The molecule has 34 heavy (non-hydrogen) atoms. The highest BCUT2D eigenvalue weighted by molar-refractivity contribution is 6.13. The average Bonchev–Trinajstić information content (AvgIpc) is 2.88. The maximum atomic E-state index is 13.3. The summed E-state index contributed by atoms with van der Waals surface area (Å²) in [7, 11) is 6.90. The van der Waals surface area contributed by atoms with E-state index in [0.717, 1.165) is 37.4 Å². The molecule has 0 atom stereocenters. The molecule has 1 saturated heterocycles. The second kappa shape index (κ2) is 8.91. The van der Waals surface area contributed by atoms with Crippen LogP contribution in [0.15, 0.2) is 57.7 Å². The lowest BCUT2D eigenvalue weighted by atomic mass is 10.0. The largest absolute Gasteiger partial charge is 0.496 e. The van der Waals surface area contributed by atoms with Crippen molar-refractivity contribution in [3.63, 3.8) is 0 Å². The molecule has 7 heteroatoms. The molecule has 4 aromatic rings. The zero-order valence-corrected chi connectivity index (χ0v) is 19.9. The van der Waals surface area contributed by atoms with Gasteiger partial charge in [0.1, 0.15) is 23.0 Å². The summed E-state index contributed by atoms with van der Waals surface area (Å²) in [6, 6.07) is 15.0. The van der Waals surface area contributed by atoms with Gasteiger partial charge in [0.25, 0.3) is 0 Å². The van der Waals surface area contributed by atoms with Crippen molar-refractivity contribution in [2.24, 2.45) is 0 Å². The van der Waals surface area contributed by atoms with Crippen LogP contribution in [0, 0.1) is 0 Å². The van der Waals surface area contributed by atoms with Gasteiger partial charge in [0.15, 0.2) is 11.0 Å². The van der Waals surface area contributed by atoms with Crippen LogP contribution in [0.5, 0.6) is 17.2 Å². The van der Waals surface area contributed by atoms with Crippen LogP contribution in [-0.4, -0.2) is 59.5 Å². The van der Waals surface area contributed by atoms with E-state index in [1.807, 2.05) is 18.2 Å². The summed E-state index contributed by atoms with van der Waals surface area (Å²) in [6.07, 6.45) is 0. The average molecular weight is 461 g/mol. The summed E-state index contributed by atoms with van der Waals surface area (Å²) >= 11 is 0. The molecule has 7 nitrogen and oxygen atoms in total. The van der Waals surface area contributed by atoms with Gasteiger partial charge in [-0.2, -0.15) is 0 Å². The van der Waals surface area contributed by atoms with Crippen molar-refractivity contribution in [1.29, 1.82) is 0 Å². The predicted octanol–water partition coefficient (Wildman–Crippen LogP) is 4.39. The van der Waals surface area contributed by atoms with Gasteiger partial charge in [-0.05, 0) is 37.4 Å². The summed E-state index contributed by atoms with van der Waals surface area (Å²) in [5, 5.41) is 1.77. The minimum atomic E-state index is -0.147. The van der Waals surface area contributed by atoms with Gasteiger partial charge in [-0.1, -0.05) is 12.1 Å². The Morgan fingerprint density at radius 2 is 1.47 bits per heavy atom. The molecule has 3 aromatic carbocycles. The minimum Gasteiger partial charge on any atom is -0.496 e. The monoisotopic (exact) mass is 460 g/mol. The quantitative estimate of drug-likeness (QED) is 0.409. The Kier molecular flexibility index (Phi) is 5.79. The van der Waals surface area contributed by atoms with E-state index in [9.17, 15) is 4.79 Å². The Bertz CT molecular complexity index is 1420. The minimum absolute atomic E-state index is 0.147. The molecule has 0 amide bonds. The number of methoxy groups -OCH3 is 3. The zero-order chi connectivity index (χ0) is 23.8. The summed E-state index contributed by atoms with van der Waals surface area (Å²) in [6.45, 7) is 3.96. The molecular weight excluding hydrogens is 432 g/mol. The molecule has 0 aliphatic carbocycles. The van der Waals surface area contributed by atoms with Gasteiger partial charge in [-0.15, -0.1) is 0 Å². The van der Waals surface area contributed by atoms with Crippen molar-refractivity contribution in [3.05, 3.63) is 58.8 Å². The van der Waals surface area contributed by atoms with Crippen LogP contribution in [0.25, 0.3) is 33.1 Å². The Morgan fingerprint density at radius 3 is 2.15 bits per heavy atom. The van der Waals surface area contributed by atoms with Gasteiger partial charge < -0.3 is 28.4 Å². The Morgan fingerprint density at radius 1 is 0.794 bits per heavy atom. The maximum Gasteiger partial charge on any atom is 0.193 e. The van der Waals surface area contributed by atoms with Crippen LogP contribution in [0.2, 0.25) is 0 Å². The van der Waals surface area contributed by atoms with Gasteiger partial charge in [0, 0.05) is 43.5 Å². The van der Waals surface area contributed by atoms with Gasteiger partial charge in [0.05, 0.1) is 37.5 Å². The lowest BCUT2D eigenvalue weighted by molar-refractivity contribution is 0.313. The number of benzene rings is 3. The van der Waals surface area contributed by atoms with Crippen LogP contribution >= 0.6 is 0 Å². The first-order chi connectivity index (χ1) is 16.5. The number of anilines is 1. The molecule has 0 saturated carbocycles. The first kappa shape index (κ1) is 22.1. The lowest BCUT2D eigenvalue weighted by Crippen LogP contribution is -2.44. The van der Waals surface area contributed by atoms with E-state index in [0.29, 0.717) is 44.8 Å². The molecular formula is C27H28N2O5. The third kappa shape index (κ3) is 3.72. The zero-order valence-electron chi connectivity index (χ0n) is 19.9. The van der Waals surface area contributed by atoms with Gasteiger partial charge in [0.2, 0.25) is 0 Å². The molecule has 0 radical (unpaired) electrons. The molecule has 0 bridgehead atoms. The Balaban J connectivity index is 1.73. The summed E-state index contributed by atoms with van der Waals surface area (Å²) in [4.78, 5) is 17.9. The van der Waals surface area contributed by atoms with Crippen LogP contribution in [0.3, 0.4) is 0 Å². The van der Waals surface area contributed by atoms with Crippen LogP contribution in [-0.2, 0) is 0 Å². The summed E-state index contributed by atoms with van der Waals surface area (Å²) in [5.41, 5.74) is 2.26. The fourth-order valence-electron chi connectivity index (χ4n) is 4.63. The van der Waals surface area contributed by atoms with Gasteiger partial charge in [-0.3, -0.25) is 4.79 Å². The lowest BCUT2D eigenvalue weighted by Gasteiger charge is -2.34. The first-order valence-electron chi connectivity index (χ1n) is 11.3. The van der Waals surface area contributed by atoms with Crippen molar-refractivity contribution in [2.75, 3.05) is 59.5 Å². The van der Waals surface area contributed by atoms with Crippen molar-refractivity contribution < 1.29 is 18.6 Å². The highest BCUT2D eigenvalue weighted by Crippen LogP contribution is 2.44. The highest BCUT2D eigenvalue weighted by atomic mass is 16.5. The number of rotatable bonds is 5. The molecule has 2 heterocycles. The van der Waals surface area contributed by atoms with E-state index in [1.54, 1.807) is 39.5 Å². The number of likely N-dealkylation sites (N-methyl/N-ethyl adjacent to an activating group) is 1. The molecule has 0 N–H and O–H groups in total. The maximum absolute atomic E-state index is 13.3. The third-order valence-corrected chi connectivity index (χ3v) is 6.52. The summed E-state index contributed by atoms with van der Waals surface area (Å²) < 4.78 is 23.3. The Hall–Kier alpha value is -3.71. The topological polar surface area (TPSA) is 64.4 Å². The van der Waals surface area contributed by atoms with Crippen molar-refractivity contribution >= 4 is 27.4 Å². The number of hydrogen-bond donors (Lipinski definition) is 0. The number of piperazine rings is 1. The SMILES string of the molecule is COc1ccc(OC)c2c1c(OC)cc1c(=O)cc(-c3cccc(N4CCN(C)CC4)c3)oc12. The van der Waals surface area contributed by atoms with Crippen molar-refractivity contribution in [2.45, 2.75) is 0 Å². The predicted molar refractivity (Wildman–Crippen MR) is 135 cm³/mol. The van der Waals surface area contributed by atoms with E-state index in [-0.39, 0.29) is 5.43 Å². The normalized spacial score (nSPS) is 14.5. The van der Waals surface area contributed by atoms with Crippen molar-refractivity contribution in [3.8, 4) is 28.6 Å². The van der Waals surface area contributed by atoms with Gasteiger partial charge in [-0.25, -0.2) is 0 Å². The van der Waals surface area contributed by atoms with E-state index in [2.05, 4.69) is 29.0 Å². The second-order valence-corrected chi connectivity index (χ2v) is 8.49. The highest BCUT2D eigenvalue weighted by Gasteiger charge is 2.21. The standard InChI is InChI=1S/C27H28N2O5/c1-28-10-12-29(13-11-28)18-7-5-6-17(14-18)23-16-20(30)19-15-24(33-4)25-21(31-2)8-9-22(32-3)26(25)27(19)34-23/h5-9,14-16H,10-13H2,1-4H3. The van der Waals surface area contributed by atoms with E-state index in [4.69, 9.17) is 18.6 Å². The van der Waals surface area contributed by atoms with Crippen LogP contribution in [0.1, 0.15) is 0 Å². The fraction of sp³-hybridized carbons (Fsp3) is 0.296. The summed E-state index contributed by atoms with van der Waals surface area (Å²) in [5.74, 6) is 2.21. The fourth-order valence-corrected chi connectivity index (χ4v) is 4.63. The molecule has 0 unspecified atom stereocenters. The van der Waals surface area contributed by atoms with Gasteiger partial charge >= 0.3 is 0 Å². The van der Waals surface area contributed by atoms with E-state index in [1.165, 1.54) is 0 Å². The van der Waals surface area contributed by atoms with Crippen LogP contribution < -0.4 is 24.5 Å². The van der Waals surface area contributed by atoms with E-state index < -0.39 is 0 Å². The first-order valence-corrected chi connectivity index (χ1v) is 11.3. The molecule has 1 aromatic heterocycles. The number of fused-ring (bicyclic) bond motifs is 3. The van der Waals surface area contributed by atoms with E-state index >= 15 is 0 Å². The number of nitrogens with zero attached hydrogens (tertiary/aromatic N) is 2. The smallest absolute Gasteiger partial charge is 0.193 e. The molecule has 1 aliphatic heterocycles. The molecule has 5 rings (SSSR count). The number of ether oxygens (including phenoxy) is 3. The Labute approximate surface area is 198 Å². The molecule has 176 valence electrons.